The molecule has 0 spiro atoms. The van der Waals surface area contributed by atoms with Crippen LogP contribution in [0, 0.1) is 0 Å². The molecular weight excluding hydrogens is 318 g/mol. The molecule has 0 saturated carbocycles. The van der Waals surface area contributed by atoms with Gasteiger partial charge in [0.2, 0.25) is 0 Å². The van der Waals surface area contributed by atoms with E-state index in [2.05, 4.69) is 9.97 Å². The minimum atomic E-state index is -0.146. The number of ether oxygens (including phenoxy) is 2. The van der Waals surface area contributed by atoms with Gasteiger partial charge in [0.15, 0.2) is 0 Å². The van der Waals surface area contributed by atoms with Crippen LogP contribution in [0.2, 0.25) is 5.02 Å². The third-order valence-corrected chi connectivity index (χ3v) is 3.97. The van der Waals surface area contributed by atoms with Crippen molar-refractivity contribution in [2.75, 3.05) is 20.2 Å². The van der Waals surface area contributed by atoms with Gasteiger partial charge >= 0.3 is 0 Å². The van der Waals surface area contributed by atoms with Crippen molar-refractivity contribution in [1.82, 2.24) is 14.9 Å². The molecule has 1 fully saturated rings. The average molecular weight is 334 g/mol. The Balaban J connectivity index is 1.67. The molecule has 1 aromatic carbocycles. The number of hydrogen-bond acceptors (Lipinski definition) is 5. The summed E-state index contributed by atoms with van der Waals surface area (Å²) in [6, 6.07) is 7.04. The quantitative estimate of drug-likeness (QED) is 0.859. The number of rotatable bonds is 4. The third-order valence-electron chi connectivity index (χ3n) is 3.64. The molecule has 1 amide bonds. The van der Waals surface area contributed by atoms with Gasteiger partial charge in [-0.15, -0.1) is 0 Å². The van der Waals surface area contributed by atoms with Crippen molar-refractivity contribution in [2.24, 2.45) is 0 Å². The Bertz CT molecular complexity index is 710. The Labute approximate surface area is 139 Å². The molecule has 1 saturated heterocycles. The molecule has 0 radical (unpaired) electrons. The van der Waals surface area contributed by atoms with Gasteiger partial charge in [0.25, 0.3) is 17.7 Å². The van der Waals surface area contributed by atoms with Crippen LogP contribution in [0.4, 0.5) is 0 Å². The molecule has 120 valence electrons. The predicted molar refractivity (Wildman–Crippen MR) is 85.0 cm³/mol. The lowest BCUT2D eigenvalue weighted by Crippen LogP contribution is -2.31. The molecule has 0 N–H and O–H groups in total. The number of nitrogens with zero attached hydrogens (tertiary/aromatic N) is 3. The van der Waals surface area contributed by atoms with E-state index in [0.717, 1.165) is 6.42 Å². The number of benzene rings is 1. The molecule has 1 atom stereocenters. The Morgan fingerprint density at radius 1 is 1.26 bits per heavy atom. The first-order valence-electron chi connectivity index (χ1n) is 7.24. The van der Waals surface area contributed by atoms with Crippen LogP contribution in [0.1, 0.15) is 16.8 Å². The zero-order valence-electron chi connectivity index (χ0n) is 12.6. The lowest BCUT2D eigenvalue weighted by atomic mass is 10.2. The van der Waals surface area contributed by atoms with Crippen LogP contribution >= 0.6 is 11.6 Å². The van der Waals surface area contributed by atoms with E-state index < -0.39 is 0 Å². The number of halogens is 1. The van der Waals surface area contributed by atoms with Crippen molar-refractivity contribution < 1.29 is 14.3 Å². The highest BCUT2D eigenvalue weighted by Crippen LogP contribution is 2.25. The molecule has 1 aliphatic heterocycles. The summed E-state index contributed by atoms with van der Waals surface area (Å²) in [5.41, 5.74) is 0.506. The molecule has 6 nitrogen and oxygen atoms in total. The minimum Gasteiger partial charge on any atom is -0.477 e. The van der Waals surface area contributed by atoms with Crippen LogP contribution in [0.15, 0.2) is 36.7 Å². The maximum atomic E-state index is 12.5. The van der Waals surface area contributed by atoms with E-state index >= 15 is 0 Å². The SMILES string of the molecule is COc1nccnc1OC1CCN(C(=O)c2ccccc2Cl)C1. The van der Waals surface area contributed by atoms with Crippen LogP contribution in [0.5, 0.6) is 11.8 Å². The number of methoxy groups -OCH3 is 1. The summed E-state index contributed by atoms with van der Waals surface area (Å²) < 4.78 is 10.9. The van der Waals surface area contributed by atoms with Gasteiger partial charge in [-0.05, 0) is 12.1 Å². The maximum Gasteiger partial charge on any atom is 0.278 e. The van der Waals surface area contributed by atoms with E-state index in [1.165, 1.54) is 13.3 Å². The molecule has 3 rings (SSSR count). The summed E-state index contributed by atoms with van der Waals surface area (Å²) in [4.78, 5) is 22.4. The monoisotopic (exact) mass is 333 g/mol. The molecule has 2 heterocycles. The second-order valence-corrected chi connectivity index (χ2v) is 5.54. The van der Waals surface area contributed by atoms with E-state index in [1.54, 1.807) is 35.4 Å². The lowest BCUT2D eigenvalue weighted by molar-refractivity contribution is 0.0770. The van der Waals surface area contributed by atoms with Crippen molar-refractivity contribution in [3.05, 3.63) is 47.2 Å². The van der Waals surface area contributed by atoms with Gasteiger partial charge in [-0.25, -0.2) is 9.97 Å². The first-order valence-corrected chi connectivity index (χ1v) is 7.62. The Morgan fingerprint density at radius 3 is 2.74 bits per heavy atom. The van der Waals surface area contributed by atoms with Gasteiger partial charge < -0.3 is 14.4 Å². The third kappa shape index (κ3) is 3.37. The van der Waals surface area contributed by atoms with Crippen molar-refractivity contribution >= 4 is 17.5 Å². The maximum absolute atomic E-state index is 12.5. The molecule has 7 heteroatoms. The number of aromatic nitrogens is 2. The fraction of sp³-hybridized carbons (Fsp3) is 0.312. The standard InChI is InChI=1S/C16H16ClN3O3/c1-22-14-15(19-8-7-18-14)23-11-6-9-20(10-11)16(21)12-4-2-3-5-13(12)17/h2-5,7-8,11H,6,9-10H2,1H3. The molecule has 0 aliphatic carbocycles. The van der Waals surface area contributed by atoms with Crippen molar-refractivity contribution in [3.63, 3.8) is 0 Å². The van der Waals surface area contributed by atoms with E-state index in [1.807, 2.05) is 0 Å². The summed E-state index contributed by atoms with van der Waals surface area (Å²) >= 11 is 6.09. The van der Waals surface area contributed by atoms with Gasteiger partial charge in [-0.1, -0.05) is 23.7 Å². The first kappa shape index (κ1) is 15.6. The molecular formula is C16H16ClN3O3. The van der Waals surface area contributed by atoms with Crippen LogP contribution < -0.4 is 9.47 Å². The van der Waals surface area contributed by atoms with Gasteiger partial charge in [-0.2, -0.15) is 0 Å². The van der Waals surface area contributed by atoms with Gasteiger partial charge in [-0.3, -0.25) is 4.79 Å². The normalized spacial score (nSPS) is 17.1. The second kappa shape index (κ2) is 6.83. The Morgan fingerprint density at radius 2 is 2.00 bits per heavy atom. The smallest absolute Gasteiger partial charge is 0.278 e. The van der Waals surface area contributed by atoms with Gasteiger partial charge in [0, 0.05) is 25.4 Å². The second-order valence-electron chi connectivity index (χ2n) is 5.13. The van der Waals surface area contributed by atoms with Crippen molar-refractivity contribution in [1.29, 1.82) is 0 Å². The molecule has 1 aromatic heterocycles. The highest BCUT2D eigenvalue weighted by Gasteiger charge is 2.30. The number of amides is 1. The fourth-order valence-electron chi connectivity index (χ4n) is 2.51. The van der Waals surface area contributed by atoms with Crippen molar-refractivity contribution in [2.45, 2.75) is 12.5 Å². The van der Waals surface area contributed by atoms with Crippen LogP contribution in [0.3, 0.4) is 0 Å². The first-order chi connectivity index (χ1) is 11.2. The van der Waals surface area contributed by atoms with Crippen LogP contribution in [0.25, 0.3) is 0 Å². The summed E-state index contributed by atoms with van der Waals surface area (Å²) in [7, 11) is 1.51. The largest absolute Gasteiger partial charge is 0.477 e. The van der Waals surface area contributed by atoms with E-state index in [-0.39, 0.29) is 12.0 Å². The van der Waals surface area contributed by atoms with E-state index in [4.69, 9.17) is 21.1 Å². The number of carbonyl (C=O) groups excluding carboxylic acids is 1. The summed E-state index contributed by atoms with van der Waals surface area (Å²) in [5.74, 6) is 0.586. The molecule has 0 bridgehead atoms. The zero-order valence-corrected chi connectivity index (χ0v) is 13.4. The summed E-state index contributed by atoms with van der Waals surface area (Å²) in [5, 5.41) is 0.456. The topological polar surface area (TPSA) is 64.6 Å². The molecule has 1 unspecified atom stereocenters. The summed E-state index contributed by atoms with van der Waals surface area (Å²) in [6.45, 7) is 1.08. The average Bonchev–Trinajstić information content (AvgIpc) is 3.04. The highest BCUT2D eigenvalue weighted by molar-refractivity contribution is 6.33. The highest BCUT2D eigenvalue weighted by atomic mass is 35.5. The number of likely N-dealkylation sites (tertiary alicyclic amines) is 1. The summed E-state index contributed by atoms with van der Waals surface area (Å²) in [6.07, 6.45) is 3.65. The number of hydrogen-bond donors (Lipinski definition) is 0. The van der Waals surface area contributed by atoms with E-state index in [9.17, 15) is 4.79 Å². The zero-order chi connectivity index (χ0) is 16.2. The van der Waals surface area contributed by atoms with E-state index in [0.29, 0.717) is 35.4 Å². The Kier molecular flexibility index (Phi) is 4.62. The van der Waals surface area contributed by atoms with Crippen LogP contribution in [-0.4, -0.2) is 47.1 Å². The van der Waals surface area contributed by atoms with Gasteiger partial charge in [0.1, 0.15) is 6.10 Å². The minimum absolute atomic E-state index is 0.0900. The lowest BCUT2D eigenvalue weighted by Gasteiger charge is -2.18. The Hall–Kier alpha value is -2.34. The van der Waals surface area contributed by atoms with Gasteiger partial charge in [0.05, 0.1) is 24.2 Å². The predicted octanol–water partition coefficient (Wildman–Crippen LogP) is 2.43. The fourth-order valence-corrected chi connectivity index (χ4v) is 2.72. The van der Waals surface area contributed by atoms with Crippen molar-refractivity contribution in [3.8, 4) is 11.8 Å². The van der Waals surface area contributed by atoms with Crippen LogP contribution in [-0.2, 0) is 0 Å². The molecule has 23 heavy (non-hydrogen) atoms. The molecule has 1 aliphatic rings. The number of carbonyl (C=O) groups is 1. The molecule has 2 aromatic rings.